The number of hydrogen-bond acceptors (Lipinski definition) is 4. The first-order chi connectivity index (χ1) is 7.99. The van der Waals surface area contributed by atoms with Crippen LogP contribution in [-0.4, -0.2) is 23.1 Å². The summed E-state index contributed by atoms with van der Waals surface area (Å²) in [5.41, 5.74) is 0.516. The zero-order valence-electron chi connectivity index (χ0n) is 9.17. The Morgan fingerprint density at radius 2 is 1.06 bits per heavy atom. The average molecular weight is 230 g/mol. The van der Waals surface area contributed by atoms with E-state index in [2.05, 4.69) is 0 Å². The van der Waals surface area contributed by atoms with Crippen molar-refractivity contribution in [3.05, 3.63) is 48.1 Å². The molecule has 0 fully saturated rings. The lowest BCUT2D eigenvalue weighted by atomic mass is 10.1. The number of carbonyl (C=O) groups is 4. The molecule has 0 aliphatic heterocycles. The van der Waals surface area contributed by atoms with Gasteiger partial charge in [0.15, 0.2) is 23.1 Å². The number of carbonyl (C=O) groups excluding carboxylic acids is 4. The molecule has 4 nitrogen and oxygen atoms in total. The smallest absolute Gasteiger partial charge is 0.181 e. The molecule has 17 heavy (non-hydrogen) atoms. The monoisotopic (exact) mass is 230 g/mol. The highest BCUT2D eigenvalue weighted by molar-refractivity contribution is 6.17. The van der Waals surface area contributed by atoms with Crippen LogP contribution in [0.15, 0.2) is 48.1 Å². The van der Waals surface area contributed by atoms with Gasteiger partial charge >= 0.3 is 0 Å². The van der Waals surface area contributed by atoms with Gasteiger partial charge in [0.1, 0.15) is 0 Å². The van der Waals surface area contributed by atoms with Crippen molar-refractivity contribution >= 4 is 23.1 Å². The van der Waals surface area contributed by atoms with Crippen molar-refractivity contribution in [1.29, 1.82) is 0 Å². The highest BCUT2D eigenvalue weighted by Gasteiger charge is 2.06. The second-order valence-electron chi connectivity index (χ2n) is 3.40. The van der Waals surface area contributed by atoms with E-state index in [1.165, 1.54) is 42.5 Å². The minimum absolute atomic E-state index is 0.0744. The van der Waals surface area contributed by atoms with Gasteiger partial charge in [-0.25, -0.2) is 0 Å². The molecule has 86 valence electrons. The maximum absolute atomic E-state index is 10.6. The molecule has 0 unspecified atom stereocenters. The first-order valence-electron chi connectivity index (χ1n) is 4.88. The maximum atomic E-state index is 10.6. The lowest BCUT2D eigenvalue weighted by molar-refractivity contribution is -0.114. The molecular formula is C13H10O4. The summed E-state index contributed by atoms with van der Waals surface area (Å²) in [5.74, 6) is -0.420. The summed E-state index contributed by atoms with van der Waals surface area (Å²) in [7, 11) is 0. The summed E-state index contributed by atoms with van der Waals surface area (Å²) < 4.78 is 0. The molecule has 0 spiro atoms. The molecule has 0 atom stereocenters. The van der Waals surface area contributed by atoms with Crippen LogP contribution in [0.2, 0.25) is 0 Å². The van der Waals surface area contributed by atoms with Crippen LogP contribution in [0.3, 0.4) is 0 Å². The van der Waals surface area contributed by atoms with Crippen molar-refractivity contribution in [2.75, 3.05) is 0 Å². The molecule has 0 amide bonds. The van der Waals surface area contributed by atoms with E-state index >= 15 is 0 Å². The Morgan fingerprint density at radius 1 is 0.647 bits per heavy atom. The fourth-order valence-corrected chi connectivity index (χ4v) is 1.06. The van der Waals surface area contributed by atoms with Gasteiger partial charge in [0.05, 0.1) is 0 Å². The Hall–Kier alpha value is -2.36. The lowest BCUT2D eigenvalue weighted by Crippen LogP contribution is -2.03. The Kier molecular flexibility index (Phi) is 4.22. The lowest BCUT2D eigenvalue weighted by Gasteiger charge is -1.96. The summed E-state index contributed by atoms with van der Waals surface area (Å²) in [4.78, 5) is 41.7. The van der Waals surface area contributed by atoms with Crippen LogP contribution in [0, 0.1) is 0 Å². The second-order valence-corrected chi connectivity index (χ2v) is 3.40. The molecule has 2 aliphatic carbocycles. The zero-order valence-corrected chi connectivity index (χ0v) is 9.17. The molecule has 2 aliphatic rings. The minimum Gasteiger partial charge on any atom is -0.290 e. The third kappa shape index (κ3) is 4.34. The van der Waals surface area contributed by atoms with Crippen LogP contribution in [0.1, 0.15) is 6.92 Å². The molecular weight excluding hydrogens is 220 g/mol. The van der Waals surface area contributed by atoms with Gasteiger partial charge in [0.2, 0.25) is 0 Å². The molecule has 2 rings (SSSR count). The van der Waals surface area contributed by atoms with Crippen molar-refractivity contribution in [3.63, 3.8) is 0 Å². The summed E-state index contributed by atoms with van der Waals surface area (Å²) in [6.45, 7) is 1.63. The number of allylic oxidation sites excluding steroid dienone is 8. The molecule has 0 aromatic rings. The van der Waals surface area contributed by atoms with Crippen molar-refractivity contribution in [2.24, 2.45) is 0 Å². The Morgan fingerprint density at radius 3 is 1.41 bits per heavy atom. The van der Waals surface area contributed by atoms with Crippen LogP contribution in [0.5, 0.6) is 0 Å². The average Bonchev–Trinajstić information content (AvgIpc) is 2.29. The van der Waals surface area contributed by atoms with Crippen molar-refractivity contribution in [1.82, 2.24) is 0 Å². The van der Waals surface area contributed by atoms with E-state index in [1.807, 2.05) is 0 Å². The largest absolute Gasteiger partial charge is 0.290 e. The van der Waals surface area contributed by atoms with Gasteiger partial charge in [-0.1, -0.05) is 0 Å². The second kappa shape index (κ2) is 5.65. The van der Waals surface area contributed by atoms with E-state index in [0.717, 1.165) is 0 Å². The van der Waals surface area contributed by atoms with E-state index in [1.54, 1.807) is 6.92 Å². The molecule has 0 saturated heterocycles. The van der Waals surface area contributed by atoms with Crippen LogP contribution in [0.4, 0.5) is 0 Å². The third-order valence-corrected chi connectivity index (χ3v) is 1.97. The SMILES string of the molecule is CC1=CC(=O)C=CC1=O.O=C1C=CC(=O)C=C1. The molecule has 4 heteroatoms. The third-order valence-electron chi connectivity index (χ3n) is 1.97. The quantitative estimate of drug-likeness (QED) is 0.579. The molecule has 0 heterocycles. The van der Waals surface area contributed by atoms with Gasteiger partial charge in [0.25, 0.3) is 0 Å². The van der Waals surface area contributed by atoms with Gasteiger partial charge in [-0.15, -0.1) is 0 Å². The first-order valence-corrected chi connectivity index (χ1v) is 4.88. The molecule has 0 N–H and O–H groups in total. The zero-order chi connectivity index (χ0) is 12.8. The Bertz CT molecular complexity index is 464. The molecule has 0 saturated carbocycles. The molecule has 0 aromatic heterocycles. The van der Waals surface area contributed by atoms with Crippen LogP contribution < -0.4 is 0 Å². The van der Waals surface area contributed by atoms with Crippen LogP contribution in [0.25, 0.3) is 0 Å². The van der Waals surface area contributed by atoms with Crippen LogP contribution in [-0.2, 0) is 19.2 Å². The maximum Gasteiger partial charge on any atom is 0.181 e. The number of ketones is 4. The predicted molar refractivity (Wildman–Crippen MR) is 61.2 cm³/mol. The van der Waals surface area contributed by atoms with Crippen molar-refractivity contribution in [3.8, 4) is 0 Å². The van der Waals surface area contributed by atoms with Crippen LogP contribution >= 0.6 is 0 Å². The Labute approximate surface area is 98.0 Å². The van der Waals surface area contributed by atoms with Gasteiger partial charge in [-0.2, -0.15) is 0 Å². The van der Waals surface area contributed by atoms with E-state index in [-0.39, 0.29) is 23.1 Å². The van der Waals surface area contributed by atoms with Gasteiger partial charge < -0.3 is 0 Å². The fraction of sp³-hybridized carbons (Fsp3) is 0.0769. The summed E-state index contributed by atoms with van der Waals surface area (Å²) in [6.07, 6.45) is 8.91. The van der Waals surface area contributed by atoms with Gasteiger partial charge in [-0.3, -0.25) is 19.2 Å². The summed E-state index contributed by atoms with van der Waals surface area (Å²) in [5, 5.41) is 0. The van der Waals surface area contributed by atoms with Crippen molar-refractivity contribution in [2.45, 2.75) is 6.92 Å². The highest BCUT2D eigenvalue weighted by Crippen LogP contribution is 2.02. The standard InChI is InChI=1S/C7H6O2.C6H4O2/c1-5-4-6(8)2-3-7(5)9;7-5-1-2-6(8)4-3-5/h2-4H,1H3;1-4H. The first kappa shape index (κ1) is 12.7. The van der Waals surface area contributed by atoms with E-state index in [0.29, 0.717) is 5.57 Å². The van der Waals surface area contributed by atoms with E-state index in [4.69, 9.17) is 0 Å². The summed E-state index contributed by atoms with van der Waals surface area (Å²) in [6, 6.07) is 0. The van der Waals surface area contributed by atoms with E-state index < -0.39 is 0 Å². The molecule has 0 aromatic carbocycles. The fourth-order valence-electron chi connectivity index (χ4n) is 1.06. The predicted octanol–water partition coefficient (Wildman–Crippen LogP) is 0.891. The van der Waals surface area contributed by atoms with Gasteiger partial charge in [-0.05, 0) is 49.5 Å². The van der Waals surface area contributed by atoms with Crippen molar-refractivity contribution < 1.29 is 19.2 Å². The summed E-state index contributed by atoms with van der Waals surface area (Å²) >= 11 is 0. The Balaban J connectivity index is 0.000000171. The normalized spacial score (nSPS) is 17.8. The van der Waals surface area contributed by atoms with E-state index in [9.17, 15) is 19.2 Å². The topological polar surface area (TPSA) is 68.3 Å². The number of rotatable bonds is 0. The number of hydrogen-bond donors (Lipinski definition) is 0. The molecule has 0 radical (unpaired) electrons. The van der Waals surface area contributed by atoms with Gasteiger partial charge in [0, 0.05) is 5.57 Å². The molecule has 0 bridgehead atoms. The minimum atomic E-state index is -0.121. The highest BCUT2D eigenvalue weighted by atomic mass is 16.1.